The maximum absolute atomic E-state index is 13.1. The van der Waals surface area contributed by atoms with Crippen LogP contribution in [0.4, 0.5) is 28.9 Å². The molecule has 0 aliphatic heterocycles. The number of amides is 2. The highest BCUT2D eigenvalue weighted by molar-refractivity contribution is 6.06. The molecule has 0 saturated carbocycles. The van der Waals surface area contributed by atoms with Crippen molar-refractivity contribution >= 4 is 23.2 Å². The minimum atomic E-state index is -1.15. The van der Waals surface area contributed by atoms with Crippen LogP contribution < -0.4 is 10.6 Å². The number of nitrogens with one attached hydrogen (secondary N) is 2. The molecule has 6 nitrogen and oxygen atoms in total. The van der Waals surface area contributed by atoms with Gasteiger partial charge in [0.1, 0.15) is 0 Å². The number of hydrogen-bond acceptors (Lipinski definition) is 4. The van der Waals surface area contributed by atoms with E-state index in [1.54, 1.807) is 0 Å². The normalized spacial score (nSPS) is 10.4. The average Bonchev–Trinajstić information content (AvgIpc) is 2.60. The van der Waals surface area contributed by atoms with Crippen molar-refractivity contribution in [3.8, 4) is 0 Å². The van der Waals surface area contributed by atoms with Crippen LogP contribution >= 0.6 is 0 Å². The van der Waals surface area contributed by atoms with Crippen molar-refractivity contribution in [1.82, 2.24) is 9.97 Å². The van der Waals surface area contributed by atoms with Crippen LogP contribution in [-0.2, 0) is 0 Å². The van der Waals surface area contributed by atoms with Crippen molar-refractivity contribution in [2.75, 3.05) is 10.6 Å². The Kier molecular flexibility index (Phi) is 5.30. The number of rotatable bonds is 4. The minimum absolute atomic E-state index is 0.201. The highest BCUT2D eigenvalue weighted by Crippen LogP contribution is 2.18. The molecule has 0 bridgehead atoms. The topological polar surface area (TPSA) is 84.0 Å². The zero-order valence-electron chi connectivity index (χ0n) is 13.8. The van der Waals surface area contributed by atoms with Gasteiger partial charge in [0.25, 0.3) is 11.8 Å². The van der Waals surface area contributed by atoms with Crippen LogP contribution in [0.2, 0.25) is 0 Å². The third kappa shape index (κ3) is 4.67. The zero-order valence-corrected chi connectivity index (χ0v) is 13.8. The summed E-state index contributed by atoms with van der Waals surface area (Å²) in [4.78, 5) is 30.0. The fourth-order valence-electron chi connectivity index (χ4n) is 2.27. The predicted molar refractivity (Wildman–Crippen MR) is 90.7 cm³/mol. The molecule has 0 aliphatic carbocycles. The number of nitrogens with zero attached hydrogens (tertiary/aromatic N) is 2. The van der Waals surface area contributed by atoms with Crippen molar-refractivity contribution < 1.29 is 27.2 Å². The molecule has 0 fully saturated rings. The van der Waals surface area contributed by atoms with Gasteiger partial charge < -0.3 is 10.6 Å². The molecule has 2 aromatic heterocycles. The molecule has 3 aromatic rings. The summed E-state index contributed by atoms with van der Waals surface area (Å²) in [5.74, 6) is -6.21. The Balaban J connectivity index is 1.75. The molecule has 28 heavy (non-hydrogen) atoms. The van der Waals surface area contributed by atoms with Gasteiger partial charge in [0.2, 0.25) is 23.8 Å². The Morgan fingerprint density at radius 2 is 1.00 bits per heavy atom. The number of carbonyl (C=O) groups excluding carboxylic acids is 2. The van der Waals surface area contributed by atoms with E-state index in [2.05, 4.69) is 20.6 Å². The second-order valence-electron chi connectivity index (χ2n) is 5.49. The standard InChI is InChI=1S/C18H10F4N4O2/c19-13-4-9(5-14(20)25-13)17(27)23-11-2-1-3-12(8-11)24-18(28)10-6-15(21)26-16(22)7-10/h1-8H,(H,23,27)(H,24,28). The highest BCUT2D eigenvalue weighted by Gasteiger charge is 2.13. The largest absolute Gasteiger partial charge is 0.322 e. The van der Waals surface area contributed by atoms with Crippen molar-refractivity contribution in [1.29, 1.82) is 0 Å². The molecular weight excluding hydrogens is 380 g/mol. The molecule has 2 N–H and O–H groups in total. The van der Waals surface area contributed by atoms with Crippen LogP contribution in [0.3, 0.4) is 0 Å². The van der Waals surface area contributed by atoms with Crippen LogP contribution in [0, 0.1) is 23.8 Å². The number of halogens is 4. The first-order valence-corrected chi connectivity index (χ1v) is 7.69. The van der Waals surface area contributed by atoms with Crippen molar-refractivity contribution in [3.05, 3.63) is 83.4 Å². The van der Waals surface area contributed by atoms with Crippen LogP contribution in [0.15, 0.2) is 48.5 Å². The summed E-state index contributed by atoms with van der Waals surface area (Å²) in [5, 5.41) is 4.81. The molecule has 142 valence electrons. The van der Waals surface area contributed by atoms with Crippen molar-refractivity contribution in [2.24, 2.45) is 0 Å². The number of benzene rings is 1. The van der Waals surface area contributed by atoms with E-state index < -0.39 is 35.6 Å². The van der Waals surface area contributed by atoms with E-state index in [1.807, 2.05) is 0 Å². The lowest BCUT2D eigenvalue weighted by Crippen LogP contribution is -2.15. The van der Waals surface area contributed by atoms with E-state index in [0.29, 0.717) is 0 Å². The lowest BCUT2D eigenvalue weighted by molar-refractivity contribution is 0.101. The lowest BCUT2D eigenvalue weighted by Gasteiger charge is -2.09. The molecule has 0 saturated heterocycles. The van der Waals surface area contributed by atoms with E-state index in [9.17, 15) is 27.2 Å². The average molecular weight is 390 g/mol. The number of hydrogen-bond donors (Lipinski definition) is 2. The highest BCUT2D eigenvalue weighted by atomic mass is 19.1. The molecule has 1 aromatic carbocycles. The molecular formula is C18H10F4N4O2. The summed E-state index contributed by atoms with van der Waals surface area (Å²) >= 11 is 0. The first-order chi connectivity index (χ1) is 13.3. The molecule has 0 aliphatic rings. The molecule has 0 unspecified atom stereocenters. The zero-order chi connectivity index (χ0) is 20.3. The predicted octanol–water partition coefficient (Wildman–Crippen LogP) is 3.54. The molecule has 0 atom stereocenters. The Morgan fingerprint density at radius 1 is 0.643 bits per heavy atom. The number of anilines is 2. The van der Waals surface area contributed by atoms with Gasteiger partial charge in [-0.15, -0.1) is 0 Å². The Bertz CT molecular complexity index is 954. The molecule has 2 heterocycles. The Hall–Kier alpha value is -3.82. The van der Waals surface area contributed by atoms with Gasteiger partial charge in [-0.2, -0.15) is 27.5 Å². The lowest BCUT2D eigenvalue weighted by atomic mass is 10.2. The molecule has 3 rings (SSSR count). The van der Waals surface area contributed by atoms with Gasteiger partial charge in [0.15, 0.2) is 0 Å². The van der Waals surface area contributed by atoms with E-state index in [4.69, 9.17) is 0 Å². The maximum atomic E-state index is 13.1. The smallest absolute Gasteiger partial charge is 0.255 e. The van der Waals surface area contributed by atoms with Gasteiger partial charge >= 0.3 is 0 Å². The molecule has 10 heteroatoms. The molecule has 2 amide bonds. The van der Waals surface area contributed by atoms with Crippen molar-refractivity contribution in [2.45, 2.75) is 0 Å². The summed E-state index contributed by atoms with van der Waals surface area (Å²) in [5.41, 5.74) is -0.176. The van der Waals surface area contributed by atoms with Crippen LogP contribution in [0.25, 0.3) is 0 Å². The quantitative estimate of drug-likeness (QED) is 0.527. The third-order valence-corrected chi connectivity index (χ3v) is 3.43. The van der Waals surface area contributed by atoms with Crippen LogP contribution in [0.5, 0.6) is 0 Å². The molecule has 0 radical (unpaired) electrons. The van der Waals surface area contributed by atoms with Gasteiger partial charge in [-0.05, 0) is 18.2 Å². The first-order valence-electron chi connectivity index (χ1n) is 7.69. The van der Waals surface area contributed by atoms with E-state index >= 15 is 0 Å². The third-order valence-electron chi connectivity index (χ3n) is 3.43. The fraction of sp³-hybridized carbons (Fsp3) is 0. The second-order valence-corrected chi connectivity index (χ2v) is 5.49. The van der Waals surface area contributed by atoms with Gasteiger partial charge in [-0.25, -0.2) is 0 Å². The summed E-state index contributed by atoms with van der Waals surface area (Å²) in [7, 11) is 0. The number of carbonyl (C=O) groups is 2. The Morgan fingerprint density at radius 3 is 1.36 bits per heavy atom. The molecule has 0 spiro atoms. The van der Waals surface area contributed by atoms with E-state index in [0.717, 1.165) is 24.3 Å². The monoisotopic (exact) mass is 390 g/mol. The number of pyridine rings is 2. The van der Waals surface area contributed by atoms with Gasteiger partial charge in [0, 0.05) is 46.8 Å². The first kappa shape index (κ1) is 19.0. The summed E-state index contributed by atoms with van der Waals surface area (Å²) in [6.45, 7) is 0. The minimum Gasteiger partial charge on any atom is -0.322 e. The number of aromatic nitrogens is 2. The van der Waals surface area contributed by atoms with E-state index in [-0.39, 0.29) is 22.5 Å². The van der Waals surface area contributed by atoms with Crippen LogP contribution in [-0.4, -0.2) is 21.8 Å². The summed E-state index contributed by atoms with van der Waals surface area (Å²) < 4.78 is 52.5. The Labute approximate surface area is 155 Å². The van der Waals surface area contributed by atoms with Gasteiger partial charge in [-0.3, -0.25) is 9.59 Å². The van der Waals surface area contributed by atoms with E-state index in [1.165, 1.54) is 24.3 Å². The fourth-order valence-corrected chi connectivity index (χ4v) is 2.27. The van der Waals surface area contributed by atoms with Gasteiger partial charge in [0.05, 0.1) is 0 Å². The van der Waals surface area contributed by atoms with Gasteiger partial charge in [-0.1, -0.05) is 6.07 Å². The second kappa shape index (κ2) is 7.82. The van der Waals surface area contributed by atoms with Crippen LogP contribution in [0.1, 0.15) is 20.7 Å². The summed E-state index contributed by atoms with van der Waals surface area (Å²) in [6.07, 6.45) is 0. The van der Waals surface area contributed by atoms with Crippen molar-refractivity contribution in [3.63, 3.8) is 0 Å². The summed E-state index contributed by atoms with van der Waals surface area (Å²) in [6, 6.07) is 8.80. The SMILES string of the molecule is O=C(Nc1cccc(NC(=O)c2cc(F)nc(F)c2)c1)c1cc(F)nc(F)c1. The maximum Gasteiger partial charge on any atom is 0.255 e.